The maximum absolute atomic E-state index is 12.8. The molecule has 158 valence electrons. The van der Waals surface area contributed by atoms with Gasteiger partial charge in [0.25, 0.3) is 0 Å². The summed E-state index contributed by atoms with van der Waals surface area (Å²) in [6, 6.07) is 4.29. The minimum atomic E-state index is -3.51. The molecule has 1 aliphatic carbocycles. The number of carbonyl (C=O) groups excluding carboxylic acids is 1. The number of hydrogen-bond donors (Lipinski definition) is 2. The number of rotatable bonds is 7. The van der Waals surface area contributed by atoms with Gasteiger partial charge < -0.3 is 15.2 Å². The van der Waals surface area contributed by atoms with Crippen LogP contribution in [0.1, 0.15) is 72.3 Å². The monoisotopic (exact) mass is 412 g/mol. The molecule has 1 fully saturated rings. The number of carbonyl (C=O) groups is 1. The van der Waals surface area contributed by atoms with Gasteiger partial charge in [-0.25, -0.2) is 13.2 Å². The van der Waals surface area contributed by atoms with E-state index >= 15 is 0 Å². The van der Waals surface area contributed by atoms with Gasteiger partial charge in [0.05, 0.1) is 18.1 Å². The fourth-order valence-corrected chi connectivity index (χ4v) is 5.10. The molecule has 0 aliphatic heterocycles. The first kappa shape index (κ1) is 21.1. The third kappa shape index (κ3) is 7.43. The molecule has 0 aromatic heterocycles. The Morgan fingerprint density at radius 1 is 1.32 bits per heavy atom. The van der Waals surface area contributed by atoms with E-state index in [0.717, 1.165) is 32.1 Å². The molecule has 1 amide bonds. The summed E-state index contributed by atoms with van der Waals surface area (Å²) >= 11 is 0. The summed E-state index contributed by atoms with van der Waals surface area (Å²) in [5.74, 6) is 0.251. The van der Waals surface area contributed by atoms with Crippen molar-refractivity contribution >= 4 is 15.9 Å². The third-order valence-corrected chi connectivity index (χ3v) is 6.66. The van der Waals surface area contributed by atoms with Gasteiger partial charge in [0.1, 0.15) is 5.60 Å². The van der Waals surface area contributed by atoms with Crippen molar-refractivity contribution in [3.63, 3.8) is 0 Å². The van der Waals surface area contributed by atoms with Crippen molar-refractivity contribution in [2.75, 3.05) is 12.3 Å². The highest BCUT2D eigenvalue weighted by Crippen LogP contribution is 2.28. The van der Waals surface area contributed by atoms with Crippen LogP contribution in [0.2, 0.25) is 0 Å². The van der Waals surface area contributed by atoms with Gasteiger partial charge in [-0.15, -0.1) is 0 Å². The molecule has 2 N–H and O–H groups in total. The number of hydrogen-bond acceptors (Lipinski definition) is 5. The van der Waals surface area contributed by atoms with E-state index in [2.05, 4.69) is 5.32 Å². The van der Waals surface area contributed by atoms with E-state index in [1.807, 2.05) is 0 Å². The van der Waals surface area contributed by atoms with Gasteiger partial charge >= 0.3 is 6.09 Å². The van der Waals surface area contributed by atoms with Crippen molar-refractivity contribution in [1.29, 1.82) is 0 Å². The highest BCUT2D eigenvalue weighted by molar-refractivity contribution is 7.91. The number of sulfone groups is 1. The Morgan fingerprint density at radius 3 is 2.64 bits per heavy atom. The lowest BCUT2D eigenvalue weighted by Gasteiger charge is -2.21. The van der Waals surface area contributed by atoms with E-state index in [9.17, 15) is 18.3 Å². The van der Waals surface area contributed by atoms with Crippen molar-refractivity contribution in [3.8, 4) is 0 Å². The lowest BCUT2D eigenvalue weighted by Crippen LogP contribution is -2.33. The Labute approximate surface area is 170 Å². The van der Waals surface area contributed by atoms with E-state index < -0.39 is 27.6 Å². The highest BCUT2D eigenvalue weighted by atomic mass is 32.2. The summed E-state index contributed by atoms with van der Waals surface area (Å²) in [4.78, 5) is 11.8. The van der Waals surface area contributed by atoms with Crippen LogP contribution in [0.5, 0.6) is 0 Å². The molecule has 0 heterocycles. The van der Waals surface area contributed by atoms with Crippen LogP contribution >= 0.6 is 0 Å². The van der Waals surface area contributed by atoms with Crippen LogP contribution in [0.4, 0.5) is 4.79 Å². The van der Waals surface area contributed by atoms with Gasteiger partial charge in [-0.1, -0.05) is 31.4 Å². The van der Waals surface area contributed by atoms with Crippen LogP contribution in [0.15, 0.2) is 29.1 Å². The van der Waals surface area contributed by atoms with Gasteiger partial charge in [0.15, 0.2) is 9.84 Å². The van der Waals surface area contributed by atoms with Crippen LogP contribution in [0.3, 0.4) is 0 Å². The van der Waals surface area contributed by atoms with E-state index in [0.29, 0.717) is 5.56 Å². The fourth-order valence-electron chi connectivity index (χ4n) is 3.39. The van der Waals surface area contributed by atoms with Crippen molar-refractivity contribution in [2.45, 2.75) is 75.9 Å². The minimum Gasteiger partial charge on any atom is -0.444 e. The molecule has 1 saturated carbocycles. The minimum absolute atomic E-state index is 0.0453. The lowest BCUT2D eigenvalue weighted by molar-refractivity contribution is 0.0518. The molecular weight excluding hydrogens is 378 g/mol. The summed E-state index contributed by atoms with van der Waals surface area (Å²) in [6.45, 7) is 5.45. The molecule has 0 spiro atoms. The zero-order chi connectivity index (χ0) is 21.7. The first-order valence-corrected chi connectivity index (χ1v) is 11.6. The zero-order valence-corrected chi connectivity index (χ0v) is 17.8. The molecule has 7 heteroatoms. The number of benzene rings is 1. The second kappa shape index (κ2) is 9.74. The second-order valence-corrected chi connectivity index (χ2v) is 10.6. The number of ether oxygens (including phenoxy) is 1. The summed E-state index contributed by atoms with van der Waals surface area (Å²) in [5.41, 5.74) is -0.241. The Hall–Kier alpha value is -1.60. The topological polar surface area (TPSA) is 92.7 Å². The third-order valence-electron chi connectivity index (χ3n) is 4.79. The molecule has 1 aliphatic rings. The summed E-state index contributed by atoms with van der Waals surface area (Å²) < 4.78 is 38.7. The van der Waals surface area contributed by atoms with E-state index in [-0.39, 0.29) is 35.6 Å². The molecule has 1 aromatic carbocycles. The Kier molecular flexibility index (Phi) is 7.35. The van der Waals surface area contributed by atoms with Crippen LogP contribution in [-0.2, 0) is 14.6 Å². The van der Waals surface area contributed by atoms with Crippen LogP contribution < -0.4 is 5.32 Å². The summed E-state index contributed by atoms with van der Waals surface area (Å²) in [5, 5.41) is 13.0. The van der Waals surface area contributed by atoms with Crippen LogP contribution in [-0.4, -0.2) is 37.5 Å². The van der Waals surface area contributed by atoms with Gasteiger partial charge in [0, 0.05) is 6.54 Å². The number of alkyl carbamates (subject to hydrolysis) is 1. The molecule has 0 saturated heterocycles. The van der Waals surface area contributed by atoms with Crippen LogP contribution in [0, 0.1) is 5.92 Å². The molecule has 6 nitrogen and oxygen atoms in total. The van der Waals surface area contributed by atoms with Crippen molar-refractivity contribution in [3.05, 3.63) is 29.8 Å². The van der Waals surface area contributed by atoms with Crippen molar-refractivity contribution in [2.24, 2.45) is 5.92 Å². The first-order valence-electron chi connectivity index (χ1n) is 10.5. The zero-order valence-electron chi connectivity index (χ0n) is 18.0. The smallest absolute Gasteiger partial charge is 0.407 e. The molecule has 1 unspecified atom stereocenters. The number of aliphatic hydroxyl groups excluding tert-OH is 1. The molecule has 1 aromatic rings. The predicted molar refractivity (Wildman–Crippen MR) is 109 cm³/mol. The molecular formula is C21H33NO5S. The Balaban J connectivity index is 2.00. The molecule has 2 rings (SSSR count). The average Bonchev–Trinajstić information content (AvgIpc) is 2.60. The maximum atomic E-state index is 12.8. The SMILES string of the molecule is [2H]c1cc(C(O)CCNC(=O)OC(C)(C)C)cc(S(=O)(=O)CC2CCCCC2)c1. The number of nitrogens with one attached hydrogen (secondary N) is 1. The predicted octanol–water partition coefficient (Wildman–Crippen LogP) is 3.99. The second-order valence-electron chi connectivity index (χ2n) is 8.52. The van der Waals surface area contributed by atoms with Gasteiger partial charge in [-0.3, -0.25) is 0 Å². The standard InChI is InChI=1S/C21H33NO5S/c1-21(2,3)27-20(24)22-13-12-19(23)17-10-7-11-18(14-17)28(25,26)15-16-8-5-4-6-9-16/h7,10-11,14,16,19,23H,4-6,8-9,12-13,15H2,1-3H3,(H,22,24)/i7D. The summed E-state index contributed by atoms with van der Waals surface area (Å²) in [6.07, 6.45) is 3.75. The van der Waals surface area contributed by atoms with Gasteiger partial charge in [-0.2, -0.15) is 0 Å². The number of aliphatic hydroxyl groups is 1. The number of amides is 1. The maximum Gasteiger partial charge on any atom is 0.407 e. The van der Waals surface area contributed by atoms with Crippen molar-refractivity contribution < 1.29 is 24.4 Å². The fraction of sp³-hybridized carbons (Fsp3) is 0.667. The largest absolute Gasteiger partial charge is 0.444 e. The molecule has 1 atom stereocenters. The van der Waals surface area contributed by atoms with Gasteiger partial charge in [-0.05, 0) is 63.6 Å². The van der Waals surface area contributed by atoms with Crippen molar-refractivity contribution in [1.82, 2.24) is 5.32 Å². The Bertz CT molecular complexity index is 798. The van der Waals surface area contributed by atoms with Gasteiger partial charge in [0.2, 0.25) is 0 Å². The lowest BCUT2D eigenvalue weighted by atomic mass is 9.91. The summed E-state index contributed by atoms with van der Waals surface area (Å²) in [7, 11) is -3.51. The molecule has 0 radical (unpaired) electrons. The van der Waals surface area contributed by atoms with E-state index in [1.54, 1.807) is 20.8 Å². The average molecular weight is 413 g/mol. The molecule has 28 heavy (non-hydrogen) atoms. The Morgan fingerprint density at radius 2 is 2.00 bits per heavy atom. The van der Waals surface area contributed by atoms with Crippen LogP contribution in [0.25, 0.3) is 0 Å². The highest BCUT2D eigenvalue weighted by Gasteiger charge is 2.24. The van der Waals surface area contributed by atoms with E-state index in [1.165, 1.54) is 18.2 Å². The molecule has 0 bridgehead atoms. The quantitative estimate of drug-likeness (QED) is 0.706. The van der Waals surface area contributed by atoms with E-state index in [4.69, 9.17) is 6.11 Å². The normalized spacial score (nSPS) is 17.6. The first-order chi connectivity index (χ1) is 13.5.